The van der Waals surface area contributed by atoms with E-state index in [9.17, 15) is 9.59 Å². The number of hydrogen-bond acceptors (Lipinski definition) is 5. The Bertz CT molecular complexity index is 947. The van der Waals surface area contributed by atoms with Crippen molar-refractivity contribution < 1.29 is 19.1 Å². The molecule has 2 amide bonds. The minimum Gasteiger partial charge on any atom is -0.490 e. The Morgan fingerprint density at radius 3 is 2.59 bits per heavy atom. The van der Waals surface area contributed by atoms with Gasteiger partial charge < -0.3 is 14.8 Å². The summed E-state index contributed by atoms with van der Waals surface area (Å²) in [5, 5.41) is 6.73. The highest BCUT2D eigenvalue weighted by molar-refractivity contribution is 9.10. The molecular weight excluding hydrogens is 474 g/mol. The van der Waals surface area contributed by atoms with Crippen molar-refractivity contribution in [2.24, 2.45) is 5.10 Å². The van der Waals surface area contributed by atoms with Gasteiger partial charge in [-0.3, -0.25) is 9.59 Å². The van der Waals surface area contributed by atoms with Gasteiger partial charge in [-0.1, -0.05) is 38.5 Å². The molecule has 2 aromatic rings. The molecule has 0 aliphatic heterocycles. The van der Waals surface area contributed by atoms with Gasteiger partial charge in [0.25, 0.3) is 0 Å². The standard InChI is InChI=1S/C24H30BrN3O4/c1-4-7-12-32-24-19(25)13-17(14-21(24)31-6-3)16-26-28-23(30)15-22(29)27-20-11-9-8-10-18(20)5-2/h8-11,13-14,16H,4-7,12,15H2,1-3H3,(H,27,29)(H,28,30). The summed E-state index contributed by atoms with van der Waals surface area (Å²) in [6.45, 7) is 7.09. The maximum absolute atomic E-state index is 12.2. The molecule has 2 N–H and O–H groups in total. The molecule has 0 saturated heterocycles. The van der Waals surface area contributed by atoms with Crippen molar-refractivity contribution in [2.45, 2.75) is 46.5 Å². The molecule has 0 unspecified atom stereocenters. The Hall–Kier alpha value is -2.87. The van der Waals surface area contributed by atoms with Gasteiger partial charge >= 0.3 is 0 Å². The molecule has 0 bridgehead atoms. The first-order chi connectivity index (χ1) is 15.5. The molecule has 7 nitrogen and oxygen atoms in total. The van der Waals surface area contributed by atoms with E-state index in [1.165, 1.54) is 6.21 Å². The third kappa shape index (κ3) is 8.00. The first-order valence-electron chi connectivity index (χ1n) is 10.8. The first-order valence-corrected chi connectivity index (χ1v) is 11.6. The van der Waals surface area contributed by atoms with Crippen LogP contribution in [-0.4, -0.2) is 31.2 Å². The molecule has 172 valence electrons. The quantitative estimate of drug-likeness (QED) is 0.183. The second-order valence-electron chi connectivity index (χ2n) is 6.99. The second-order valence-corrected chi connectivity index (χ2v) is 7.85. The molecule has 0 atom stereocenters. The van der Waals surface area contributed by atoms with Crippen molar-refractivity contribution in [1.29, 1.82) is 0 Å². The number of ether oxygens (including phenoxy) is 2. The SMILES string of the molecule is CCCCOc1c(Br)cc(C=NNC(=O)CC(=O)Nc2ccccc2CC)cc1OCC. The predicted molar refractivity (Wildman–Crippen MR) is 131 cm³/mol. The monoisotopic (exact) mass is 503 g/mol. The highest BCUT2D eigenvalue weighted by atomic mass is 79.9. The van der Waals surface area contributed by atoms with Crippen LogP contribution in [0, 0.1) is 0 Å². The zero-order valence-corrected chi connectivity index (χ0v) is 20.3. The van der Waals surface area contributed by atoms with Crippen LogP contribution in [0.15, 0.2) is 46.0 Å². The summed E-state index contributed by atoms with van der Waals surface area (Å²) in [7, 11) is 0. The van der Waals surface area contributed by atoms with E-state index < -0.39 is 11.8 Å². The lowest BCUT2D eigenvalue weighted by atomic mass is 10.1. The molecule has 0 radical (unpaired) electrons. The van der Waals surface area contributed by atoms with E-state index in [2.05, 4.69) is 38.7 Å². The average molecular weight is 504 g/mol. The predicted octanol–water partition coefficient (Wildman–Crippen LogP) is 5.07. The van der Waals surface area contributed by atoms with Crippen LogP contribution in [0.1, 0.15) is 51.2 Å². The number of unbranched alkanes of at least 4 members (excludes halogenated alkanes) is 1. The molecular formula is C24H30BrN3O4. The fourth-order valence-electron chi connectivity index (χ4n) is 2.89. The molecule has 0 aliphatic carbocycles. The molecule has 0 saturated carbocycles. The highest BCUT2D eigenvalue weighted by Gasteiger charge is 2.13. The number of carbonyl (C=O) groups excluding carboxylic acids is 2. The van der Waals surface area contributed by atoms with Crippen molar-refractivity contribution in [3.05, 3.63) is 52.0 Å². The molecule has 32 heavy (non-hydrogen) atoms. The Morgan fingerprint density at radius 1 is 1.09 bits per heavy atom. The number of carbonyl (C=O) groups is 2. The summed E-state index contributed by atoms with van der Waals surface area (Å²) >= 11 is 3.51. The lowest BCUT2D eigenvalue weighted by Gasteiger charge is -2.14. The molecule has 8 heteroatoms. The van der Waals surface area contributed by atoms with E-state index >= 15 is 0 Å². The number of aryl methyl sites for hydroxylation is 1. The van der Waals surface area contributed by atoms with Gasteiger partial charge in [-0.05, 0) is 65.0 Å². The summed E-state index contributed by atoms with van der Waals surface area (Å²) in [6, 6.07) is 11.1. The maximum atomic E-state index is 12.2. The van der Waals surface area contributed by atoms with E-state index in [0.717, 1.165) is 29.3 Å². The zero-order valence-electron chi connectivity index (χ0n) is 18.7. The van der Waals surface area contributed by atoms with Crippen molar-refractivity contribution in [2.75, 3.05) is 18.5 Å². The topological polar surface area (TPSA) is 89.0 Å². The number of hydrazone groups is 1. The summed E-state index contributed by atoms with van der Waals surface area (Å²) in [5.41, 5.74) is 4.82. The Morgan fingerprint density at radius 2 is 1.88 bits per heavy atom. The number of hydrogen-bond donors (Lipinski definition) is 2. The van der Waals surface area contributed by atoms with Crippen LogP contribution in [0.2, 0.25) is 0 Å². The maximum Gasteiger partial charge on any atom is 0.249 e. The smallest absolute Gasteiger partial charge is 0.249 e. The van der Waals surface area contributed by atoms with Gasteiger partial charge in [0.15, 0.2) is 11.5 Å². The second kappa shape index (κ2) is 13.5. The van der Waals surface area contributed by atoms with Crippen molar-refractivity contribution in [3.63, 3.8) is 0 Å². The molecule has 2 rings (SSSR count). The third-order valence-electron chi connectivity index (χ3n) is 4.47. The summed E-state index contributed by atoms with van der Waals surface area (Å²) in [5.74, 6) is 0.343. The van der Waals surface area contributed by atoms with Crippen molar-refractivity contribution >= 4 is 39.6 Å². The highest BCUT2D eigenvalue weighted by Crippen LogP contribution is 2.36. The van der Waals surface area contributed by atoms with Gasteiger partial charge in [-0.2, -0.15) is 5.10 Å². The molecule has 0 heterocycles. The molecule has 0 aliphatic rings. The first kappa shape index (κ1) is 25.4. The Labute approximate surface area is 197 Å². The van der Waals surface area contributed by atoms with Crippen molar-refractivity contribution in [1.82, 2.24) is 5.43 Å². The van der Waals surface area contributed by atoms with Crippen LogP contribution in [0.4, 0.5) is 5.69 Å². The molecule has 2 aromatic carbocycles. The minimum absolute atomic E-state index is 0.326. The van der Waals surface area contributed by atoms with Crippen LogP contribution in [0.25, 0.3) is 0 Å². The van der Waals surface area contributed by atoms with E-state index in [4.69, 9.17) is 9.47 Å². The number of nitrogens with one attached hydrogen (secondary N) is 2. The van der Waals surface area contributed by atoms with Gasteiger partial charge in [0.2, 0.25) is 11.8 Å². The number of halogens is 1. The van der Waals surface area contributed by atoms with Gasteiger partial charge in [-0.15, -0.1) is 0 Å². The van der Waals surface area contributed by atoms with E-state index in [1.807, 2.05) is 44.2 Å². The number of nitrogens with zero attached hydrogens (tertiary/aromatic N) is 1. The number of amides is 2. The summed E-state index contributed by atoms with van der Waals surface area (Å²) < 4.78 is 12.3. The number of para-hydroxylation sites is 1. The molecule has 0 fully saturated rings. The number of rotatable bonds is 12. The fourth-order valence-corrected chi connectivity index (χ4v) is 3.47. The van der Waals surface area contributed by atoms with Crippen LogP contribution in [0.5, 0.6) is 11.5 Å². The Balaban J connectivity index is 1.96. The summed E-state index contributed by atoms with van der Waals surface area (Å²) in [4.78, 5) is 24.3. The largest absolute Gasteiger partial charge is 0.490 e. The van der Waals surface area contributed by atoms with Gasteiger partial charge in [0.05, 0.1) is 23.9 Å². The van der Waals surface area contributed by atoms with Crippen molar-refractivity contribution in [3.8, 4) is 11.5 Å². The van der Waals surface area contributed by atoms with E-state index in [0.29, 0.717) is 36.0 Å². The van der Waals surface area contributed by atoms with Gasteiger partial charge in [-0.25, -0.2) is 5.43 Å². The Kier molecular flexibility index (Phi) is 10.7. The van der Waals surface area contributed by atoms with Crippen LogP contribution in [0.3, 0.4) is 0 Å². The minimum atomic E-state index is -0.503. The third-order valence-corrected chi connectivity index (χ3v) is 5.06. The lowest BCUT2D eigenvalue weighted by molar-refractivity contribution is -0.126. The summed E-state index contributed by atoms with van der Waals surface area (Å²) in [6.07, 6.45) is 3.94. The van der Waals surface area contributed by atoms with E-state index in [-0.39, 0.29) is 6.42 Å². The zero-order chi connectivity index (χ0) is 23.3. The van der Waals surface area contributed by atoms with E-state index in [1.54, 1.807) is 6.07 Å². The van der Waals surface area contributed by atoms with Gasteiger partial charge in [0, 0.05) is 5.69 Å². The number of benzene rings is 2. The lowest BCUT2D eigenvalue weighted by Crippen LogP contribution is -2.25. The van der Waals surface area contributed by atoms with Gasteiger partial charge in [0.1, 0.15) is 6.42 Å². The van der Waals surface area contributed by atoms with Crippen LogP contribution in [-0.2, 0) is 16.0 Å². The normalized spacial score (nSPS) is 10.8. The molecule has 0 aromatic heterocycles. The average Bonchev–Trinajstić information content (AvgIpc) is 2.76. The fraction of sp³-hybridized carbons (Fsp3) is 0.375. The van der Waals surface area contributed by atoms with Crippen LogP contribution < -0.4 is 20.2 Å². The number of anilines is 1. The molecule has 0 spiro atoms. The van der Waals surface area contributed by atoms with Crippen LogP contribution >= 0.6 is 15.9 Å².